The minimum Gasteiger partial charge on any atom is -0.465 e. The van der Waals surface area contributed by atoms with Crippen molar-refractivity contribution >= 4 is 12.0 Å². The number of fused-ring (bicyclic) bond motifs is 1. The molecule has 0 aliphatic carbocycles. The molecule has 0 radical (unpaired) electrons. The van der Waals surface area contributed by atoms with Crippen LogP contribution >= 0.6 is 0 Å². The molecule has 7 nitrogen and oxygen atoms in total. The first-order valence-corrected chi connectivity index (χ1v) is 7.13. The molecule has 1 aromatic rings. The molecule has 2 atom stereocenters. The molecule has 1 aliphatic heterocycles. The molecule has 1 heterocycles. The number of hydroxylamine groups is 1. The number of carboxylic acid groups (broad SMARTS) is 1. The van der Waals surface area contributed by atoms with Gasteiger partial charge in [0.25, 0.3) is 5.91 Å². The molecule has 0 saturated heterocycles. The third kappa shape index (κ3) is 2.90. The van der Waals surface area contributed by atoms with E-state index in [9.17, 15) is 14.7 Å². The van der Waals surface area contributed by atoms with Crippen LogP contribution in [0.15, 0.2) is 18.2 Å². The fourth-order valence-corrected chi connectivity index (χ4v) is 3.00. The van der Waals surface area contributed by atoms with Gasteiger partial charge >= 0.3 is 6.09 Å². The molecule has 0 saturated carbocycles. The predicted molar refractivity (Wildman–Crippen MR) is 78.0 cm³/mol. The van der Waals surface area contributed by atoms with Crippen LogP contribution in [0.3, 0.4) is 0 Å². The molecule has 0 fully saturated rings. The van der Waals surface area contributed by atoms with Gasteiger partial charge in [-0.2, -0.15) is 0 Å². The summed E-state index contributed by atoms with van der Waals surface area (Å²) in [5.74, 6) is -0.584. The maximum atomic E-state index is 11.5. The van der Waals surface area contributed by atoms with E-state index in [-0.39, 0.29) is 6.10 Å². The van der Waals surface area contributed by atoms with Crippen LogP contribution in [0.1, 0.15) is 40.9 Å². The van der Waals surface area contributed by atoms with Crippen LogP contribution in [0.25, 0.3) is 0 Å². The Morgan fingerprint density at radius 1 is 1.50 bits per heavy atom. The lowest BCUT2D eigenvalue weighted by molar-refractivity contribution is 0.0103. The van der Waals surface area contributed by atoms with Crippen molar-refractivity contribution in [3.63, 3.8) is 0 Å². The molecule has 2 amide bonds. The lowest BCUT2D eigenvalue weighted by atomic mass is 9.87. The first-order chi connectivity index (χ1) is 10.5. The van der Waals surface area contributed by atoms with Crippen LogP contribution in [0, 0.1) is 0 Å². The summed E-state index contributed by atoms with van der Waals surface area (Å²) in [4.78, 5) is 24.4. The second-order valence-corrected chi connectivity index (χ2v) is 5.21. The van der Waals surface area contributed by atoms with Gasteiger partial charge in [-0.25, -0.2) is 10.3 Å². The van der Waals surface area contributed by atoms with Gasteiger partial charge in [-0.05, 0) is 36.1 Å². The number of methoxy groups -OCH3 is 1. The summed E-state index contributed by atoms with van der Waals surface area (Å²) in [5, 5.41) is 18.1. The van der Waals surface area contributed by atoms with Crippen LogP contribution in [0.2, 0.25) is 0 Å². The number of rotatable bonds is 4. The van der Waals surface area contributed by atoms with E-state index < -0.39 is 18.0 Å². The van der Waals surface area contributed by atoms with Crippen LogP contribution < -0.4 is 5.48 Å². The number of nitrogens with one attached hydrogen (secondary N) is 1. The van der Waals surface area contributed by atoms with Crippen molar-refractivity contribution in [3.8, 4) is 0 Å². The Bertz CT molecular complexity index is 571. The van der Waals surface area contributed by atoms with Gasteiger partial charge < -0.3 is 9.84 Å². The maximum Gasteiger partial charge on any atom is 0.407 e. The van der Waals surface area contributed by atoms with E-state index in [2.05, 4.69) is 0 Å². The first kappa shape index (κ1) is 16.3. The molecule has 1 aliphatic rings. The van der Waals surface area contributed by atoms with Gasteiger partial charge in [-0.15, -0.1) is 0 Å². The summed E-state index contributed by atoms with van der Waals surface area (Å²) < 4.78 is 5.45. The lowest BCUT2D eigenvalue weighted by Crippen LogP contribution is -2.45. The topological polar surface area (TPSA) is 99.1 Å². The highest BCUT2D eigenvalue weighted by atomic mass is 16.5. The minimum atomic E-state index is -0.983. The van der Waals surface area contributed by atoms with E-state index in [1.54, 1.807) is 30.8 Å². The molecule has 0 spiro atoms. The molecule has 0 aromatic heterocycles. The van der Waals surface area contributed by atoms with Gasteiger partial charge in [-0.3, -0.25) is 14.9 Å². The Kier molecular flexibility index (Phi) is 4.99. The highest BCUT2D eigenvalue weighted by Gasteiger charge is 2.36. The standard InChI is InChI=1S/C15H20N2O5/c1-3-12(22-2)13-11-5-4-10(14(18)16-21)8-9(11)6-7-17(13)15(19)20/h4-5,8,12-13,21H,3,6-7H2,1-2H3,(H,16,18)(H,19,20). The Morgan fingerprint density at radius 3 is 2.77 bits per heavy atom. The van der Waals surface area contributed by atoms with E-state index in [1.165, 1.54) is 4.90 Å². The summed E-state index contributed by atoms with van der Waals surface area (Å²) >= 11 is 0. The largest absolute Gasteiger partial charge is 0.465 e. The normalized spacial score (nSPS) is 18.5. The molecule has 2 unspecified atom stereocenters. The summed E-state index contributed by atoms with van der Waals surface area (Å²) in [6.45, 7) is 2.28. The van der Waals surface area contributed by atoms with Crippen LogP contribution in [0.5, 0.6) is 0 Å². The zero-order valence-electron chi connectivity index (χ0n) is 12.6. The van der Waals surface area contributed by atoms with Crippen molar-refractivity contribution in [2.75, 3.05) is 13.7 Å². The fraction of sp³-hybridized carbons (Fsp3) is 0.467. The third-order valence-electron chi connectivity index (χ3n) is 4.09. The van der Waals surface area contributed by atoms with Crippen molar-refractivity contribution in [1.82, 2.24) is 10.4 Å². The molecule has 0 bridgehead atoms. The van der Waals surface area contributed by atoms with E-state index >= 15 is 0 Å². The number of hydrogen-bond acceptors (Lipinski definition) is 4. The Hall–Kier alpha value is -2.12. The molecule has 7 heteroatoms. The number of amides is 2. The van der Waals surface area contributed by atoms with Crippen molar-refractivity contribution < 1.29 is 24.6 Å². The van der Waals surface area contributed by atoms with Gasteiger partial charge in [-0.1, -0.05) is 13.0 Å². The summed E-state index contributed by atoms with van der Waals surface area (Å²) in [5.41, 5.74) is 3.69. The highest BCUT2D eigenvalue weighted by molar-refractivity contribution is 5.93. The SMILES string of the molecule is CCC(OC)C1c2ccc(C(=O)NO)cc2CCN1C(=O)O. The maximum absolute atomic E-state index is 11.5. The van der Waals surface area contributed by atoms with E-state index in [4.69, 9.17) is 9.94 Å². The Labute approximate surface area is 128 Å². The van der Waals surface area contributed by atoms with Crippen LogP contribution in [-0.4, -0.2) is 47.0 Å². The molecule has 1 aromatic carbocycles. The molecule has 120 valence electrons. The molecule has 22 heavy (non-hydrogen) atoms. The van der Waals surface area contributed by atoms with Gasteiger partial charge in [0.2, 0.25) is 0 Å². The van der Waals surface area contributed by atoms with Gasteiger partial charge in [0.15, 0.2) is 0 Å². The second-order valence-electron chi connectivity index (χ2n) is 5.21. The molecule has 2 rings (SSSR count). The number of ether oxygens (including phenoxy) is 1. The number of carbonyl (C=O) groups excluding carboxylic acids is 1. The molecule has 3 N–H and O–H groups in total. The third-order valence-corrected chi connectivity index (χ3v) is 4.09. The number of hydrogen-bond donors (Lipinski definition) is 3. The minimum absolute atomic E-state index is 0.257. The zero-order chi connectivity index (χ0) is 16.3. The fourth-order valence-electron chi connectivity index (χ4n) is 3.00. The van der Waals surface area contributed by atoms with Gasteiger partial charge in [0.05, 0.1) is 12.1 Å². The van der Waals surface area contributed by atoms with E-state index in [0.717, 1.165) is 11.1 Å². The molecular weight excluding hydrogens is 288 g/mol. The summed E-state index contributed by atoms with van der Waals surface area (Å²) in [6.07, 6.45) is -0.0512. The average molecular weight is 308 g/mol. The zero-order valence-corrected chi connectivity index (χ0v) is 12.6. The van der Waals surface area contributed by atoms with Crippen LogP contribution in [0.4, 0.5) is 4.79 Å². The molecular formula is C15H20N2O5. The van der Waals surface area contributed by atoms with Crippen molar-refractivity contribution in [3.05, 3.63) is 34.9 Å². The number of benzene rings is 1. The van der Waals surface area contributed by atoms with Crippen LogP contribution in [-0.2, 0) is 11.2 Å². The van der Waals surface area contributed by atoms with E-state index in [1.807, 2.05) is 6.92 Å². The predicted octanol–water partition coefficient (Wildman–Crippen LogP) is 1.81. The smallest absolute Gasteiger partial charge is 0.407 e. The van der Waals surface area contributed by atoms with Gasteiger partial charge in [0.1, 0.15) is 0 Å². The highest BCUT2D eigenvalue weighted by Crippen LogP contribution is 2.35. The number of carbonyl (C=O) groups is 2. The lowest BCUT2D eigenvalue weighted by Gasteiger charge is -2.39. The van der Waals surface area contributed by atoms with Gasteiger partial charge in [0, 0.05) is 19.2 Å². The summed E-state index contributed by atoms with van der Waals surface area (Å²) in [7, 11) is 1.57. The first-order valence-electron chi connectivity index (χ1n) is 7.13. The quantitative estimate of drug-likeness (QED) is 0.582. The Morgan fingerprint density at radius 2 is 2.23 bits per heavy atom. The summed E-state index contributed by atoms with van der Waals surface area (Å²) in [6, 6.07) is 4.60. The van der Waals surface area contributed by atoms with Crippen molar-refractivity contribution in [1.29, 1.82) is 0 Å². The number of nitrogens with zero attached hydrogens (tertiary/aromatic N) is 1. The Balaban J connectivity index is 2.46. The average Bonchev–Trinajstić information content (AvgIpc) is 2.54. The van der Waals surface area contributed by atoms with Crippen molar-refractivity contribution in [2.24, 2.45) is 0 Å². The van der Waals surface area contributed by atoms with E-state index in [0.29, 0.717) is 24.9 Å². The second kappa shape index (κ2) is 6.76. The van der Waals surface area contributed by atoms with Crippen molar-refractivity contribution in [2.45, 2.75) is 31.9 Å². The monoisotopic (exact) mass is 308 g/mol.